The summed E-state index contributed by atoms with van der Waals surface area (Å²) in [6, 6.07) is 23.6. The molecule has 1 aliphatic rings. The zero-order valence-corrected chi connectivity index (χ0v) is 28.4. The molecule has 1 saturated heterocycles. The number of primary sulfonamides is 1. The van der Waals surface area contributed by atoms with Gasteiger partial charge in [-0.15, -0.1) is 0 Å². The summed E-state index contributed by atoms with van der Waals surface area (Å²) in [6.45, 7) is 3.05. The van der Waals surface area contributed by atoms with Crippen molar-refractivity contribution in [1.29, 1.82) is 0 Å². The minimum Gasteiger partial charge on any atom is -0.341 e. The first-order chi connectivity index (χ1) is 21.4. The Kier molecular flexibility index (Phi) is 10.7. The van der Waals surface area contributed by atoms with Crippen molar-refractivity contribution in [2.24, 2.45) is 5.14 Å². The number of hydrogen-bond donors (Lipinski definition) is 1. The highest BCUT2D eigenvalue weighted by Crippen LogP contribution is 2.34. The topological polar surface area (TPSA) is 101 Å². The van der Waals surface area contributed by atoms with Gasteiger partial charge in [-0.3, -0.25) is 9.00 Å². The van der Waals surface area contributed by atoms with E-state index in [9.17, 15) is 17.4 Å². The van der Waals surface area contributed by atoms with Crippen LogP contribution in [0, 0.1) is 0 Å². The lowest BCUT2D eigenvalue weighted by molar-refractivity contribution is 0.0783. The highest BCUT2D eigenvalue weighted by atomic mass is 35.5. The highest BCUT2D eigenvalue weighted by molar-refractivity contribution is 7.89. The number of sulfonamides is 1. The molecule has 238 valence electrons. The molecular formula is C34H37Cl2N3O4S2. The molecule has 2 N–H and O–H groups in total. The average molecular weight is 687 g/mol. The van der Waals surface area contributed by atoms with Gasteiger partial charge in [-0.1, -0.05) is 71.7 Å². The molecule has 1 fully saturated rings. The second-order valence-electron chi connectivity index (χ2n) is 11.7. The van der Waals surface area contributed by atoms with E-state index in [1.165, 1.54) is 17.7 Å². The van der Waals surface area contributed by atoms with Gasteiger partial charge in [0.2, 0.25) is 10.0 Å². The molecule has 0 bridgehead atoms. The third kappa shape index (κ3) is 7.96. The monoisotopic (exact) mass is 685 g/mol. The summed E-state index contributed by atoms with van der Waals surface area (Å²) >= 11 is 12.7. The number of nitrogens with two attached hydrogens (primary N) is 1. The molecule has 45 heavy (non-hydrogen) atoms. The third-order valence-corrected chi connectivity index (χ3v) is 11.3. The van der Waals surface area contributed by atoms with Gasteiger partial charge in [0.05, 0.1) is 25.7 Å². The number of likely N-dealkylation sites (tertiary alicyclic amines) is 1. The molecule has 5 rings (SSSR count). The van der Waals surface area contributed by atoms with Crippen molar-refractivity contribution >= 4 is 60.7 Å². The maximum Gasteiger partial charge on any atom is 0.254 e. The second-order valence-corrected chi connectivity index (χ2v) is 15.4. The normalized spacial score (nSPS) is 16.0. The first-order valence-electron chi connectivity index (χ1n) is 14.8. The van der Waals surface area contributed by atoms with Gasteiger partial charge in [0.15, 0.2) is 0 Å². The SMILES string of the molecule is CN(C[C@@H](CCN1CCC(c2ccccc2S(C)=O)CC1)c1ccc(Cl)c(Cl)c1)C(=O)c1cc(S(N)(=O)=O)cc2ccccc12. The van der Waals surface area contributed by atoms with Crippen LogP contribution in [-0.2, 0) is 20.8 Å². The Labute approximate surface area is 277 Å². The summed E-state index contributed by atoms with van der Waals surface area (Å²) in [4.78, 5) is 18.8. The van der Waals surface area contributed by atoms with E-state index in [1.807, 2.05) is 36.4 Å². The molecule has 1 heterocycles. The lowest BCUT2D eigenvalue weighted by Gasteiger charge is -2.34. The van der Waals surface area contributed by atoms with E-state index in [1.54, 1.807) is 42.5 Å². The van der Waals surface area contributed by atoms with Crippen LogP contribution in [0.1, 0.15) is 52.6 Å². The van der Waals surface area contributed by atoms with Gasteiger partial charge in [0, 0.05) is 36.2 Å². The molecule has 0 spiro atoms. The molecule has 0 saturated carbocycles. The van der Waals surface area contributed by atoms with Crippen LogP contribution in [0.3, 0.4) is 0 Å². The van der Waals surface area contributed by atoms with Gasteiger partial charge in [-0.25, -0.2) is 13.6 Å². The average Bonchev–Trinajstić information content (AvgIpc) is 3.03. The maximum absolute atomic E-state index is 13.9. The minimum atomic E-state index is -4.02. The molecule has 4 aromatic rings. The van der Waals surface area contributed by atoms with Gasteiger partial charge in [-0.05, 0) is 97.0 Å². The van der Waals surface area contributed by atoms with E-state index in [0.717, 1.165) is 49.4 Å². The Morgan fingerprint density at radius 3 is 2.38 bits per heavy atom. The van der Waals surface area contributed by atoms with E-state index in [4.69, 9.17) is 28.3 Å². The Hall–Kier alpha value is -2.79. The van der Waals surface area contributed by atoms with Crippen molar-refractivity contribution in [3.05, 3.63) is 106 Å². The fraction of sp³-hybridized carbons (Fsp3) is 0.324. The van der Waals surface area contributed by atoms with Crippen LogP contribution in [-0.4, -0.2) is 67.8 Å². The number of halogens is 2. The molecule has 1 unspecified atom stereocenters. The lowest BCUT2D eigenvalue weighted by atomic mass is 9.88. The zero-order chi connectivity index (χ0) is 32.3. The standard InChI is InChI=1S/C34H37Cl2N3O4S2/c1-38(34(40)30-21-27(45(37,42)43)19-25-7-3-4-8-28(25)30)22-26(24-11-12-31(35)32(36)20-24)15-18-39-16-13-23(14-17-39)29-9-5-6-10-33(29)44(2)41/h3-12,19-21,23,26H,13-18,22H2,1-2H3,(H2,37,42,43)/t26-,44?/m1/s1. The van der Waals surface area contributed by atoms with Crippen LogP contribution in [0.2, 0.25) is 10.0 Å². The van der Waals surface area contributed by atoms with Gasteiger partial charge < -0.3 is 9.80 Å². The fourth-order valence-electron chi connectivity index (χ4n) is 6.26. The van der Waals surface area contributed by atoms with Crippen LogP contribution in [0.5, 0.6) is 0 Å². The molecule has 0 aliphatic carbocycles. The quantitative estimate of drug-likeness (QED) is 0.201. The van der Waals surface area contributed by atoms with Crippen LogP contribution in [0.15, 0.2) is 88.7 Å². The summed E-state index contributed by atoms with van der Waals surface area (Å²) in [5.41, 5.74) is 2.44. The summed E-state index contributed by atoms with van der Waals surface area (Å²) in [6.07, 6.45) is 4.47. The molecule has 0 aromatic heterocycles. The van der Waals surface area contributed by atoms with E-state index in [0.29, 0.717) is 33.3 Å². The molecule has 1 amide bonds. The summed E-state index contributed by atoms with van der Waals surface area (Å²) in [5, 5.41) is 7.65. The van der Waals surface area contributed by atoms with Crippen LogP contribution >= 0.6 is 23.2 Å². The van der Waals surface area contributed by atoms with Crippen LogP contribution in [0.4, 0.5) is 0 Å². The smallest absolute Gasteiger partial charge is 0.254 e. The number of carbonyl (C=O) groups is 1. The van der Waals surface area contributed by atoms with E-state index in [2.05, 4.69) is 11.0 Å². The van der Waals surface area contributed by atoms with Crippen LogP contribution < -0.4 is 5.14 Å². The largest absolute Gasteiger partial charge is 0.341 e. The number of hydrogen-bond acceptors (Lipinski definition) is 5. The highest BCUT2D eigenvalue weighted by Gasteiger charge is 2.26. The Morgan fingerprint density at radius 1 is 1.00 bits per heavy atom. The number of fused-ring (bicyclic) bond motifs is 1. The lowest BCUT2D eigenvalue weighted by Crippen LogP contribution is -2.36. The number of nitrogens with zero attached hydrogens (tertiary/aromatic N) is 2. The van der Waals surface area contributed by atoms with Crippen molar-refractivity contribution in [2.45, 2.75) is 40.9 Å². The van der Waals surface area contributed by atoms with Crippen molar-refractivity contribution in [3.8, 4) is 0 Å². The van der Waals surface area contributed by atoms with E-state index >= 15 is 0 Å². The number of piperidine rings is 1. The molecule has 4 aromatic carbocycles. The predicted molar refractivity (Wildman–Crippen MR) is 183 cm³/mol. The molecule has 7 nitrogen and oxygen atoms in total. The number of rotatable bonds is 10. The minimum absolute atomic E-state index is 0.0534. The molecule has 11 heteroatoms. The number of likely N-dealkylation sites (N-methyl/N-ethyl adjacent to an activating group) is 1. The van der Waals surface area contributed by atoms with E-state index in [-0.39, 0.29) is 22.3 Å². The summed E-state index contributed by atoms with van der Waals surface area (Å²) < 4.78 is 36.8. The number of carbonyl (C=O) groups excluding carboxylic acids is 1. The van der Waals surface area contributed by atoms with E-state index < -0.39 is 20.8 Å². The predicted octanol–water partition coefficient (Wildman–Crippen LogP) is 6.66. The zero-order valence-electron chi connectivity index (χ0n) is 25.3. The summed E-state index contributed by atoms with van der Waals surface area (Å²) in [5.74, 6) is 0.0239. The molecular weight excluding hydrogens is 649 g/mol. The number of benzene rings is 4. The molecule has 1 aliphatic heterocycles. The second kappa shape index (κ2) is 14.3. The van der Waals surface area contributed by atoms with Gasteiger partial charge in [0.1, 0.15) is 0 Å². The van der Waals surface area contributed by atoms with Crippen molar-refractivity contribution in [1.82, 2.24) is 9.80 Å². The van der Waals surface area contributed by atoms with Gasteiger partial charge in [0.25, 0.3) is 5.91 Å². The number of amides is 1. The van der Waals surface area contributed by atoms with Gasteiger partial charge >= 0.3 is 0 Å². The first kappa shape index (κ1) is 33.6. The molecule has 2 atom stereocenters. The van der Waals surface area contributed by atoms with Crippen molar-refractivity contribution in [2.75, 3.05) is 39.5 Å². The first-order valence-corrected chi connectivity index (χ1v) is 18.7. The third-order valence-electron chi connectivity index (χ3n) is 8.70. The summed E-state index contributed by atoms with van der Waals surface area (Å²) in [7, 11) is -3.32. The maximum atomic E-state index is 13.9. The van der Waals surface area contributed by atoms with Crippen LogP contribution in [0.25, 0.3) is 10.8 Å². The Bertz CT molecular complexity index is 1840. The molecule has 0 radical (unpaired) electrons. The fourth-order valence-corrected chi connectivity index (χ4v) is 7.98. The Balaban J connectivity index is 1.33. The van der Waals surface area contributed by atoms with Gasteiger partial charge in [-0.2, -0.15) is 0 Å². The van der Waals surface area contributed by atoms with Crippen molar-refractivity contribution < 1.29 is 17.4 Å². The van der Waals surface area contributed by atoms with Crippen molar-refractivity contribution in [3.63, 3.8) is 0 Å². The Morgan fingerprint density at radius 2 is 1.69 bits per heavy atom.